The number of halogens is 2. The second kappa shape index (κ2) is 9.09. The Hall–Kier alpha value is -1.27. The summed E-state index contributed by atoms with van der Waals surface area (Å²) in [5.41, 5.74) is 3.94. The Bertz CT molecular complexity index is 736. The van der Waals surface area contributed by atoms with Crippen LogP contribution in [0.2, 0.25) is 0 Å². The number of methoxy groups -OCH3 is 2. The number of benzene rings is 1. The summed E-state index contributed by atoms with van der Waals surface area (Å²) in [6.07, 6.45) is 8.70. The Kier molecular flexibility index (Phi) is 7.35. The molecule has 2 aromatic rings. The van der Waals surface area contributed by atoms with Crippen molar-refractivity contribution in [3.8, 4) is 17.1 Å². The molecule has 5 nitrogen and oxygen atoms in total. The largest absolute Gasteiger partial charge is 0.496 e. The molecule has 0 amide bonds. The number of piperidine rings is 1. The Morgan fingerprint density at radius 2 is 1.92 bits per heavy atom. The maximum absolute atomic E-state index is 5.73. The first-order valence-corrected chi connectivity index (χ1v) is 8.78. The van der Waals surface area contributed by atoms with Crippen LogP contribution >= 0.6 is 24.8 Å². The predicted molar refractivity (Wildman–Crippen MR) is 108 cm³/mol. The second-order valence-electron chi connectivity index (χ2n) is 6.67. The fourth-order valence-electron chi connectivity index (χ4n) is 4.10. The average molecular weight is 400 g/mol. The molecule has 0 bridgehead atoms. The lowest BCUT2D eigenvalue weighted by atomic mass is 10.0. The topological polar surface area (TPSA) is 48.3 Å². The fraction of sp³-hybridized carbons (Fsp3) is 0.526. The number of aryl methyl sites for hydroxylation is 2. The van der Waals surface area contributed by atoms with E-state index in [1.807, 2.05) is 6.20 Å². The summed E-state index contributed by atoms with van der Waals surface area (Å²) in [5, 5.41) is 3.48. The lowest BCUT2D eigenvalue weighted by molar-refractivity contribution is 0.0365. The quantitative estimate of drug-likeness (QED) is 0.854. The van der Waals surface area contributed by atoms with Gasteiger partial charge in [0.1, 0.15) is 11.6 Å². The van der Waals surface area contributed by atoms with E-state index in [1.54, 1.807) is 14.2 Å². The van der Waals surface area contributed by atoms with Crippen LogP contribution in [0, 0.1) is 0 Å². The van der Waals surface area contributed by atoms with Crippen molar-refractivity contribution >= 4 is 24.8 Å². The summed E-state index contributed by atoms with van der Waals surface area (Å²) in [6.45, 7) is 1.90. The van der Waals surface area contributed by atoms with Gasteiger partial charge in [-0.1, -0.05) is 0 Å². The number of ether oxygens (including phenoxy) is 2. The highest BCUT2D eigenvalue weighted by Gasteiger charge is 2.29. The van der Waals surface area contributed by atoms with Crippen LogP contribution in [-0.2, 0) is 17.6 Å². The van der Waals surface area contributed by atoms with Gasteiger partial charge in [0.25, 0.3) is 0 Å². The van der Waals surface area contributed by atoms with E-state index in [2.05, 4.69) is 33.2 Å². The molecule has 1 N–H and O–H groups in total. The second-order valence-corrected chi connectivity index (χ2v) is 6.67. The molecule has 1 saturated heterocycles. The van der Waals surface area contributed by atoms with Gasteiger partial charge in [-0.2, -0.15) is 0 Å². The van der Waals surface area contributed by atoms with Crippen LogP contribution < -0.4 is 10.1 Å². The highest BCUT2D eigenvalue weighted by molar-refractivity contribution is 5.85. The Morgan fingerprint density at radius 3 is 2.65 bits per heavy atom. The lowest BCUT2D eigenvalue weighted by Gasteiger charge is -2.33. The Labute approximate surface area is 167 Å². The standard InChI is InChI=1S/C19H25N3O2.2ClH/c1-23-17-6-7-20-12-16(17)22-9-8-21-19(22)15-10-13-4-3-5-14(13)11-18(15)24-2;;/h8-11,16-17,20H,3-7,12H2,1-2H3;2*1H/t16-,17+;;/m1../s1. The van der Waals surface area contributed by atoms with Gasteiger partial charge in [-0.3, -0.25) is 0 Å². The van der Waals surface area contributed by atoms with E-state index in [0.29, 0.717) is 0 Å². The summed E-state index contributed by atoms with van der Waals surface area (Å²) >= 11 is 0. The molecule has 1 aliphatic heterocycles. The molecule has 7 heteroatoms. The number of hydrogen-bond acceptors (Lipinski definition) is 4. The predicted octanol–water partition coefficient (Wildman–Crippen LogP) is 3.44. The van der Waals surface area contributed by atoms with E-state index >= 15 is 0 Å². The Balaban J connectivity index is 0.00000121. The molecule has 0 saturated carbocycles. The third kappa shape index (κ3) is 3.72. The van der Waals surface area contributed by atoms with Crippen LogP contribution in [0.3, 0.4) is 0 Å². The van der Waals surface area contributed by atoms with Crippen LogP contribution in [-0.4, -0.2) is 43.0 Å². The van der Waals surface area contributed by atoms with E-state index in [0.717, 1.165) is 49.5 Å². The van der Waals surface area contributed by atoms with Gasteiger partial charge in [0.15, 0.2) is 0 Å². The average Bonchev–Trinajstić information content (AvgIpc) is 3.28. The number of hydrogen-bond donors (Lipinski definition) is 1. The first-order chi connectivity index (χ1) is 11.8. The molecular weight excluding hydrogens is 373 g/mol. The molecule has 2 heterocycles. The number of nitrogens with zero attached hydrogens (tertiary/aromatic N) is 2. The molecule has 2 aliphatic rings. The first kappa shape index (κ1) is 21.0. The molecule has 26 heavy (non-hydrogen) atoms. The molecule has 1 aliphatic carbocycles. The van der Waals surface area contributed by atoms with Crippen LogP contribution in [0.1, 0.15) is 30.0 Å². The van der Waals surface area contributed by atoms with Gasteiger partial charge < -0.3 is 19.4 Å². The molecule has 0 spiro atoms. The van der Waals surface area contributed by atoms with Crippen molar-refractivity contribution in [2.45, 2.75) is 37.8 Å². The van der Waals surface area contributed by atoms with E-state index < -0.39 is 0 Å². The molecule has 2 atom stereocenters. The van der Waals surface area contributed by atoms with Gasteiger partial charge in [-0.15, -0.1) is 24.8 Å². The minimum Gasteiger partial charge on any atom is -0.496 e. The SMILES string of the molecule is COc1cc2c(cc1-c1nccn1[C@@H]1CNCC[C@@H]1OC)CCC2.Cl.Cl. The summed E-state index contributed by atoms with van der Waals surface area (Å²) in [4.78, 5) is 4.66. The molecule has 144 valence electrons. The molecule has 0 radical (unpaired) electrons. The molecule has 4 rings (SSSR count). The minimum atomic E-state index is 0. The van der Waals surface area contributed by atoms with Crippen LogP contribution in [0.25, 0.3) is 11.4 Å². The van der Waals surface area contributed by atoms with Crippen LogP contribution in [0.15, 0.2) is 24.5 Å². The molecule has 1 aromatic carbocycles. The van der Waals surface area contributed by atoms with Crippen LogP contribution in [0.4, 0.5) is 0 Å². The molecular formula is C19H27Cl2N3O2. The number of fused-ring (bicyclic) bond motifs is 1. The van der Waals surface area contributed by atoms with Crippen molar-refractivity contribution in [2.75, 3.05) is 27.3 Å². The van der Waals surface area contributed by atoms with Gasteiger partial charge >= 0.3 is 0 Å². The van der Waals surface area contributed by atoms with Crippen LogP contribution in [0.5, 0.6) is 5.75 Å². The number of rotatable bonds is 4. The van der Waals surface area contributed by atoms with Gasteiger partial charge in [-0.25, -0.2) is 4.98 Å². The molecule has 1 aromatic heterocycles. The number of aromatic nitrogens is 2. The highest BCUT2D eigenvalue weighted by atomic mass is 35.5. The zero-order chi connectivity index (χ0) is 16.5. The van der Waals surface area contributed by atoms with Crippen molar-refractivity contribution in [3.05, 3.63) is 35.7 Å². The number of imidazole rings is 1. The van der Waals surface area contributed by atoms with Crippen molar-refractivity contribution in [3.63, 3.8) is 0 Å². The van der Waals surface area contributed by atoms with E-state index in [4.69, 9.17) is 9.47 Å². The summed E-state index contributed by atoms with van der Waals surface area (Å²) in [6, 6.07) is 4.72. The third-order valence-corrected chi connectivity index (χ3v) is 5.37. The van der Waals surface area contributed by atoms with Gasteiger partial charge in [-0.05, 0) is 55.5 Å². The summed E-state index contributed by atoms with van der Waals surface area (Å²) in [7, 11) is 3.54. The zero-order valence-corrected chi connectivity index (χ0v) is 16.9. The highest BCUT2D eigenvalue weighted by Crippen LogP contribution is 2.37. The fourth-order valence-corrected chi connectivity index (χ4v) is 4.10. The van der Waals surface area contributed by atoms with E-state index in [9.17, 15) is 0 Å². The van der Waals surface area contributed by atoms with Gasteiger partial charge in [0, 0.05) is 26.0 Å². The maximum Gasteiger partial charge on any atom is 0.144 e. The van der Waals surface area contributed by atoms with Crippen molar-refractivity contribution in [1.29, 1.82) is 0 Å². The monoisotopic (exact) mass is 399 g/mol. The number of nitrogens with one attached hydrogen (secondary N) is 1. The normalized spacial score (nSPS) is 21.5. The van der Waals surface area contributed by atoms with Crippen molar-refractivity contribution in [2.24, 2.45) is 0 Å². The maximum atomic E-state index is 5.73. The van der Waals surface area contributed by atoms with Crippen molar-refractivity contribution in [1.82, 2.24) is 14.9 Å². The molecule has 0 unspecified atom stereocenters. The zero-order valence-electron chi connectivity index (χ0n) is 15.2. The summed E-state index contributed by atoms with van der Waals surface area (Å²) in [5.74, 6) is 1.89. The Morgan fingerprint density at radius 1 is 1.15 bits per heavy atom. The van der Waals surface area contributed by atoms with Crippen molar-refractivity contribution < 1.29 is 9.47 Å². The van der Waals surface area contributed by atoms with E-state index in [-0.39, 0.29) is 37.0 Å². The molecule has 1 fully saturated rings. The smallest absolute Gasteiger partial charge is 0.144 e. The van der Waals surface area contributed by atoms with E-state index in [1.165, 1.54) is 17.5 Å². The van der Waals surface area contributed by atoms with Gasteiger partial charge in [0.2, 0.25) is 0 Å². The minimum absolute atomic E-state index is 0. The third-order valence-electron chi connectivity index (χ3n) is 5.37. The van der Waals surface area contributed by atoms with Gasteiger partial charge in [0.05, 0.1) is 24.8 Å². The lowest BCUT2D eigenvalue weighted by Crippen LogP contribution is -2.42. The summed E-state index contributed by atoms with van der Waals surface area (Å²) < 4.78 is 13.7. The first-order valence-electron chi connectivity index (χ1n) is 8.78.